The van der Waals surface area contributed by atoms with Crippen LogP contribution >= 0.6 is 11.8 Å². The monoisotopic (exact) mass is 493 g/mol. The van der Waals surface area contributed by atoms with Crippen molar-refractivity contribution in [2.45, 2.75) is 42.9 Å². The molecule has 6 nitrogen and oxygen atoms in total. The molecule has 0 spiro atoms. The molecule has 0 saturated heterocycles. The van der Waals surface area contributed by atoms with Crippen LogP contribution in [0.25, 0.3) is 0 Å². The first-order valence-electron chi connectivity index (χ1n) is 10.6. The van der Waals surface area contributed by atoms with Gasteiger partial charge in [-0.3, -0.25) is 0 Å². The van der Waals surface area contributed by atoms with Crippen LogP contribution in [0.2, 0.25) is 0 Å². The Balaban J connectivity index is 2.21. The van der Waals surface area contributed by atoms with Crippen LogP contribution in [0.3, 0.4) is 0 Å². The van der Waals surface area contributed by atoms with Gasteiger partial charge in [0.25, 0.3) is 0 Å². The number of rotatable bonds is 8. The standard InChI is InChI=1S/C24H28FNO5S2/c1-4-5-11-24(2)15-26(17-9-7-6-8-10-17)19-12-21(32-3)20(31-14-18(25)23(27)28)13-22(19)33(29,30)16-24/h6-10,12-14H,4-5,11,15-16H2,1-3H3,(H,27,28)/b18-14-/t24-/m0/s1. The lowest BCUT2D eigenvalue weighted by Crippen LogP contribution is -2.35. The summed E-state index contributed by atoms with van der Waals surface area (Å²) in [7, 11) is -3.72. The third-order valence-electron chi connectivity index (χ3n) is 5.64. The van der Waals surface area contributed by atoms with Gasteiger partial charge in [-0.15, -0.1) is 11.8 Å². The van der Waals surface area contributed by atoms with Crippen LogP contribution < -0.4 is 9.64 Å². The summed E-state index contributed by atoms with van der Waals surface area (Å²) in [6.45, 7) is 4.60. The number of thioether (sulfide) groups is 1. The fourth-order valence-corrected chi connectivity index (χ4v) is 6.67. The Hall–Kier alpha value is -2.52. The molecule has 9 heteroatoms. The third kappa shape index (κ3) is 5.70. The number of para-hydroxylation sites is 1. The van der Waals surface area contributed by atoms with Gasteiger partial charge >= 0.3 is 5.97 Å². The van der Waals surface area contributed by atoms with Crippen molar-refractivity contribution < 1.29 is 27.4 Å². The number of anilines is 2. The van der Waals surface area contributed by atoms with Gasteiger partial charge in [-0.1, -0.05) is 44.9 Å². The van der Waals surface area contributed by atoms with Gasteiger partial charge in [0.1, 0.15) is 12.0 Å². The Labute approximate surface area is 198 Å². The van der Waals surface area contributed by atoms with Gasteiger partial charge in [0.05, 0.1) is 21.2 Å². The van der Waals surface area contributed by atoms with Gasteiger partial charge in [0, 0.05) is 18.3 Å². The van der Waals surface area contributed by atoms with Crippen LogP contribution in [0.1, 0.15) is 33.1 Å². The first-order chi connectivity index (χ1) is 15.6. The summed E-state index contributed by atoms with van der Waals surface area (Å²) in [4.78, 5) is 13.5. The highest BCUT2D eigenvalue weighted by Gasteiger charge is 2.40. The molecule has 0 radical (unpaired) electrons. The second-order valence-electron chi connectivity index (χ2n) is 8.45. The second kappa shape index (κ2) is 10.2. The maximum Gasteiger partial charge on any atom is 0.368 e. The zero-order valence-corrected chi connectivity index (χ0v) is 20.5. The minimum Gasteiger partial charge on any atom is -0.476 e. The molecule has 1 aliphatic heterocycles. The van der Waals surface area contributed by atoms with E-state index in [0.717, 1.165) is 24.9 Å². The Morgan fingerprint density at radius 1 is 1.30 bits per heavy atom. The largest absolute Gasteiger partial charge is 0.476 e. The van der Waals surface area contributed by atoms with Crippen LogP contribution in [0.4, 0.5) is 15.8 Å². The molecule has 1 aliphatic rings. The van der Waals surface area contributed by atoms with Gasteiger partial charge in [-0.05, 0) is 36.3 Å². The van der Waals surface area contributed by atoms with E-state index in [1.165, 1.54) is 17.8 Å². The SMILES string of the molecule is CCCC[C@@]1(C)CN(c2ccccc2)c2cc(SC)c(O/C=C(\F)C(=O)O)cc2S(=O)(=O)C1. The summed E-state index contributed by atoms with van der Waals surface area (Å²) in [5, 5.41) is 8.76. The molecule has 2 aromatic rings. The number of carboxylic acids is 1. The van der Waals surface area contributed by atoms with Crippen molar-refractivity contribution in [2.24, 2.45) is 5.41 Å². The topological polar surface area (TPSA) is 83.9 Å². The van der Waals surface area contributed by atoms with Crippen molar-refractivity contribution >= 4 is 38.9 Å². The summed E-state index contributed by atoms with van der Waals surface area (Å²) < 4.78 is 45.9. The summed E-state index contributed by atoms with van der Waals surface area (Å²) in [5.41, 5.74) is 0.913. The number of ether oxygens (including phenoxy) is 1. The van der Waals surface area contributed by atoms with Crippen LogP contribution in [-0.4, -0.2) is 38.0 Å². The summed E-state index contributed by atoms with van der Waals surface area (Å²) in [6, 6.07) is 12.7. The minimum atomic E-state index is -3.72. The van der Waals surface area contributed by atoms with E-state index in [4.69, 9.17) is 9.84 Å². The number of carboxylic acid groups (broad SMARTS) is 1. The highest BCUT2D eigenvalue weighted by Crippen LogP contribution is 2.46. The number of hydrogen-bond acceptors (Lipinski definition) is 6. The molecule has 0 unspecified atom stereocenters. The molecule has 0 fully saturated rings. The number of aliphatic carboxylic acids is 1. The molecular formula is C24H28FNO5S2. The first-order valence-corrected chi connectivity index (χ1v) is 13.5. The molecule has 1 heterocycles. The number of carbonyl (C=O) groups is 1. The van der Waals surface area contributed by atoms with E-state index in [9.17, 15) is 17.6 Å². The number of sulfone groups is 1. The van der Waals surface area contributed by atoms with Crippen molar-refractivity contribution in [1.29, 1.82) is 0 Å². The fourth-order valence-electron chi connectivity index (χ4n) is 4.05. The maximum atomic E-state index is 13.6. The lowest BCUT2D eigenvalue weighted by molar-refractivity contribution is -0.134. The van der Waals surface area contributed by atoms with E-state index in [2.05, 4.69) is 6.92 Å². The number of unbranched alkanes of at least 4 members (excludes halogenated alkanes) is 1. The first kappa shape index (κ1) is 25.1. The Morgan fingerprint density at radius 2 is 2.00 bits per heavy atom. The quantitative estimate of drug-likeness (QED) is 0.282. The van der Waals surface area contributed by atoms with Crippen molar-refractivity contribution in [2.75, 3.05) is 23.5 Å². The number of fused-ring (bicyclic) bond motifs is 1. The van der Waals surface area contributed by atoms with Crippen molar-refractivity contribution in [3.8, 4) is 5.75 Å². The predicted molar refractivity (Wildman–Crippen MR) is 129 cm³/mol. The average molecular weight is 494 g/mol. The third-order valence-corrected chi connectivity index (χ3v) is 8.48. The number of benzene rings is 2. The summed E-state index contributed by atoms with van der Waals surface area (Å²) in [6.07, 6.45) is 4.90. The normalized spacial score (nSPS) is 20.1. The zero-order chi connectivity index (χ0) is 24.2. The Kier molecular flexibility index (Phi) is 7.74. The Bertz CT molecular complexity index is 1150. The van der Waals surface area contributed by atoms with Crippen molar-refractivity contribution in [3.63, 3.8) is 0 Å². The van der Waals surface area contributed by atoms with Crippen LogP contribution in [-0.2, 0) is 14.6 Å². The number of halogens is 1. The molecule has 0 amide bonds. The van der Waals surface area contributed by atoms with E-state index in [0.29, 0.717) is 23.4 Å². The molecule has 0 aliphatic carbocycles. The molecule has 1 atom stereocenters. The number of hydrogen-bond donors (Lipinski definition) is 1. The maximum absolute atomic E-state index is 13.6. The number of nitrogens with zero attached hydrogens (tertiary/aromatic N) is 1. The molecule has 0 bridgehead atoms. The zero-order valence-electron chi connectivity index (χ0n) is 18.9. The average Bonchev–Trinajstić information content (AvgIpc) is 2.87. The van der Waals surface area contributed by atoms with E-state index >= 15 is 0 Å². The molecule has 0 saturated carbocycles. The molecule has 33 heavy (non-hydrogen) atoms. The van der Waals surface area contributed by atoms with Gasteiger partial charge in [-0.25, -0.2) is 13.2 Å². The Morgan fingerprint density at radius 3 is 2.61 bits per heavy atom. The summed E-state index contributed by atoms with van der Waals surface area (Å²) >= 11 is 1.30. The molecular weight excluding hydrogens is 465 g/mol. The molecule has 1 N–H and O–H groups in total. The van der Waals surface area contributed by atoms with Gasteiger partial charge < -0.3 is 14.7 Å². The second-order valence-corrected chi connectivity index (χ2v) is 11.3. The van der Waals surface area contributed by atoms with Crippen LogP contribution in [0, 0.1) is 5.41 Å². The molecule has 0 aromatic heterocycles. The highest BCUT2D eigenvalue weighted by atomic mass is 32.2. The van der Waals surface area contributed by atoms with Crippen molar-refractivity contribution in [3.05, 3.63) is 54.6 Å². The highest BCUT2D eigenvalue weighted by molar-refractivity contribution is 7.98. The van der Waals surface area contributed by atoms with Crippen molar-refractivity contribution in [1.82, 2.24) is 0 Å². The van der Waals surface area contributed by atoms with E-state index in [1.54, 1.807) is 12.3 Å². The lowest BCUT2D eigenvalue weighted by Gasteiger charge is -2.34. The van der Waals surface area contributed by atoms with Gasteiger partial charge in [0.2, 0.25) is 5.83 Å². The summed E-state index contributed by atoms with van der Waals surface area (Å²) in [5.74, 6) is -3.18. The fraction of sp³-hybridized carbons (Fsp3) is 0.375. The molecule has 3 rings (SSSR count). The van der Waals surface area contributed by atoms with Crippen LogP contribution in [0.15, 0.2) is 64.3 Å². The van der Waals surface area contributed by atoms with Gasteiger partial charge in [0.15, 0.2) is 9.84 Å². The minimum absolute atomic E-state index is 0.0340. The smallest absolute Gasteiger partial charge is 0.368 e. The molecule has 178 valence electrons. The van der Waals surface area contributed by atoms with E-state index in [1.807, 2.05) is 42.2 Å². The van der Waals surface area contributed by atoms with Crippen LogP contribution in [0.5, 0.6) is 5.75 Å². The van der Waals surface area contributed by atoms with Gasteiger partial charge in [-0.2, -0.15) is 4.39 Å². The molecule has 2 aromatic carbocycles. The van der Waals surface area contributed by atoms with E-state index in [-0.39, 0.29) is 16.4 Å². The predicted octanol–water partition coefficient (Wildman–Crippen LogP) is 5.80. The lowest BCUT2D eigenvalue weighted by atomic mass is 9.86. The van der Waals surface area contributed by atoms with E-state index < -0.39 is 27.0 Å².